The number of carboxylic acid groups (broad SMARTS) is 1. The van der Waals surface area contributed by atoms with Crippen molar-refractivity contribution in [2.45, 2.75) is 59.2 Å². The number of nitrogens with zero attached hydrogens (tertiary/aromatic N) is 3. The molecule has 3 unspecified atom stereocenters. The number of hydrogen-bond donors (Lipinski definition) is 1. The Hall–Kier alpha value is -2.75. The van der Waals surface area contributed by atoms with Crippen LogP contribution in [0.3, 0.4) is 0 Å². The molecule has 3 heterocycles. The molecule has 2 aliphatic heterocycles. The minimum absolute atomic E-state index is 0.165. The summed E-state index contributed by atoms with van der Waals surface area (Å²) in [6, 6.07) is 10.5. The van der Waals surface area contributed by atoms with E-state index in [-0.39, 0.29) is 12.2 Å². The Morgan fingerprint density at radius 2 is 1.81 bits per heavy atom. The Balaban J connectivity index is 0.00000114. The largest absolute Gasteiger partial charge is 0.490 e. The summed E-state index contributed by atoms with van der Waals surface area (Å²) in [5, 5.41) is 8.07. The van der Waals surface area contributed by atoms with Gasteiger partial charge in [-0.15, -0.1) is 0 Å². The van der Waals surface area contributed by atoms with Crippen LogP contribution in [0.1, 0.15) is 47.0 Å². The van der Waals surface area contributed by atoms with Gasteiger partial charge in [-0.3, -0.25) is 4.79 Å². The number of pyridine rings is 1. The molecule has 4 atom stereocenters. The number of carboxylic acids is 1. The van der Waals surface area contributed by atoms with E-state index in [1.54, 1.807) is 20.4 Å². The van der Waals surface area contributed by atoms with Gasteiger partial charge in [0, 0.05) is 83.4 Å². The number of ether oxygens (including phenoxy) is 4. The standard InChI is InChI=1S/C30H44ClN3O4.C2H4O2/c1-21(2)15-23-19-33(27-16-30(36-5)32-17-26(27)31)12-11-28(23)38-25-9-7-24(8-10-25)34-18-22(3)29(20-34)37-14-6-13-35-4;1-2(3)4/h7-10,16-17,21-23,28-29H,6,11-15,18-20H2,1-5H3;1H3,(H,3,4)/t22?,23?,28?,29-;/m0./s1. The van der Waals surface area contributed by atoms with E-state index < -0.39 is 5.97 Å². The minimum Gasteiger partial charge on any atom is -0.490 e. The topological polar surface area (TPSA) is 93.6 Å². The molecule has 0 aliphatic carbocycles. The maximum atomic E-state index is 9.00. The van der Waals surface area contributed by atoms with Gasteiger partial charge in [0.05, 0.1) is 30.1 Å². The number of aliphatic carboxylic acids is 1. The van der Waals surface area contributed by atoms with Crippen molar-refractivity contribution in [1.82, 2.24) is 4.98 Å². The van der Waals surface area contributed by atoms with Crippen molar-refractivity contribution in [3.8, 4) is 11.6 Å². The zero-order valence-electron chi connectivity index (χ0n) is 25.9. The number of benzene rings is 1. The van der Waals surface area contributed by atoms with Gasteiger partial charge >= 0.3 is 0 Å². The number of anilines is 2. The molecule has 0 saturated carbocycles. The molecule has 2 aliphatic rings. The Morgan fingerprint density at radius 1 is 1.10 bits per heavy atom. The monoisotopic (exact) mass is 605 g/mol. The maximum absolute atomic E-state index is 9.00. The van der Waals surface area contributed by atoms with Crippen LogP contribution in [0.25, 0.3) is 0 Å². The number of aromatic nitrogens is 1. The molecular formula is C32H48ClN3O6. The van der Waals surface area contributed by atoms with Crippen molar-refractivity contribution >= 4 is 28.9 Å². The SMILES string of the molecule is CC(=O)O.COCCCO[C@H]1CN(c2ccc(OC3CCN(c4cc(OC)ncc4Cl)CC3CC(C)C)cc2)CC1C. The van der Waals surface area contributed by atoms with Crippen molar-refractivity contribution in [1.29, 1.82) is 0 Å². The summed E-state index contributed by atoms with van der Waals surface area (Å²) in [4.78, 5) is 18.0. The Kier molecular flexibility index (Phi) is 13.5. The lowest BCUT2D eigenvalue weighted by molar-refractivity contribution is -0.134. The normalized spacial score (nSPS) is 22.1. The molecule has 0 spiro atoms. The number of hydrogen-bond acceptors (Lipinski definition) is 8. The van der Waals surface area contributed by atoms with Crippen LogP contribution >= 0.6 is 11.6 Å². The third-order valence-corrected chi connectivity index (χ3v) is 7.95. The van der Waals surface area contributed by atoms with E-state index in [1.165, 1.54) is 5.69 Å². The van der Waals surface area contributed by atoms with E-state index in [0.29, 0.717) is 28.7 Å². The van der Waals surface area contributed by atoms with Crippen LogP contribution in [0.5, 0.6) is 11.6 Å². The smallest absolute Gasteiger partial charge is 0.300 e. The second kappa shape index (κ2) is 16.8. The van der Waals surface area contributed by atoms with Crippen LogP contribution in [0.15, 0.2) is 36.5 Å². The van der Waals surface area contributed by atoms with Crippen LogP contribution in [0.4, 0.5) is 11.4 Å². The quantitative estimate of drug-likeness (QED) is 0.291. The zero-order valence-corrected chi connectivity index (χ0v) is 26.7. The van der Waals surface area contributed by atoms with Gasteiger partial charge in [-0.25, -0.2) is 4.98 Å². The molecule has 9 nitrogen and oxygen atoms in total. The van der Waals surface area contributed by atoms with Crippen molar-refractivity contribution in [3.63, 3.8) is 0 Å². The first-order valence-corrected chi connectivity index (χ1v) is 15.2. The molecule has 10 heteroatoms. The van der Waals surface area contributed by atoms with Crippen LogP contribution in [0, 0.1) is 17.8 Å². The summed E-state index contributed by atoms with van der Waals surface area (Å²) in [6.07, 6.45) is 5.07. The van der Waals surface area contributed by atoms with E-state index in [2.05, 4.69) is 59.8 Å². The van der Waals surface area contributed by atoms with Crippen molar-refractivity contribution in [2.24, 2.45) is 17.8 Å². The Bertz CT molecular complexity index is 1100. The number of rotatable bonds is 12. The van der Waals surface area contributed by atoms with E-state index in [4.69, 9.17) is 40.4 Å². The van der Waals surface area contributed by atoms with Gasteiger partial charge in [-0.1, -0.05) is 32.4 Å². The second-order valence-corrected chi connectivity index (χ2v) is 12.0. The first kappa shape index (κ1) is 33.7. The highest BCUT2D eigenvalue weighted by Crippen LogP contribution is 2.35. The van der Waals surface area contributed by atoms with E-state index >= 15 is 0 Å². The number of piperidine rings is 1. The van der Waals surface area contributed by atoms with Gasteiger partial charge in [0.15, 0.2) is 0 Å². The molecule has 234 valence electrons. The molecule has 2 fully saturated rings. The lowest BCUT2D eigenvalue weighted by Gasteiger charge is -2.40. The summed E-state index contributed by atoms with van der Waals surface area (Å²) in [6.45, 7) is 13.1. The molecule has 0 bridgehead atoms. The fraction of sp³-hybridized carbons (Fsp3) is 0.625. The van der Waals surface area contributed by atoms with Gasteiger partial charge in [0.1, 0.15) is 11.9 Å². The number of halogens is 1. The van der Waals surface area contributed by atoms with Crippen molar-refractivity contribution in [3.05, 3.63) is 41.6 Å². The molecule has 2 aromatic rings. The summed E-state index contributed by atoms with van der Waals surface area (Å²) in [5.74, 6) is 2.17. The van der Waals surface area contributed by atoms with E-state index in [1.807, 2.05) is 6.07 Å². The summed E-state index contributed by atoms with van der Waals surface area (Å²) in [5.41, 5.74) is 2.21. The molecule has 0 amide bonds. The molecule has 1 aromatic heterocycles. The lowest BCUT2D eigenvalue weighted by Crippen LogP contribution is -2.46. The number of carbonyl (C=O) groups is 1. The second-order valence-electron chi connectivity index (χ2n) is 11.6. The lowest BCUT2D eigenvalue weighted by atomic mass is 9.87. The predicted octanol–water partition coefficient (Wildman–Crippen LogP) is 6.03. The molecule has 4 rings (SSSR count). The molecule has 1 aromatic carbocycles. The highest BCUT2D eigenvalue weighted by Gasteiger charge is 2.33. The fourth-order valence-electron chi connectivity index (χ4n) is 5.69. The number of methoxy groups -OCH3 is 2. The first-order chi connectivity index (χ1) is 20.1. The van der Waals surface area contributed by atoms with Gasteiger partial charge in [0.25, 0.3) is 5.97 Å². The van der Waals surface area contributed by atoms with Crippen LogP contribution in [-0.2, 0) is 14.3 Å². The Morgan fingerprint density at radius 3 is 2.45 bits per heavy atom. The van der Waals surface area contributed by atoms with Gasteiger partial charge in [0.2, 0.25) is 5.88 Å². The molecule has 1 N–H and O–H groups in total. The van der Waals surface area contributed by atoms with Crippen LogP contribution < -0.4 is 19.3 Å². The summed E-state index contributed by atoms with van der Waals surface area (Å²) >= 11 is 6.52. The molecular weight excluding hydrogens is 558 g/mol. The minimum atomic E-state index is -0.833. The molecule has 0 radical (unpaired) electrons. The third-order valence-electron chi connectivity index (χ3n) is 7.66. The highest BCUT2D eigenvalue weighted by molar-refractivity contribution is 6.33. The van der Waals surface area contributed by atoms with E-state index in [9.17, 15) is 0 Å². The van der Waals surface area contributed by atoms with Gasteiger partial charge in [-0.05, 0) is 43.0 Å². The van der Waals surface area contributed by atoms with Crippen LogP contribution in [0.2, 0.25) is 5.02 Å². The van der Waals surface area contributed by atoms with Crippen molar-refractivity contribution in [2.75, 3.05) is 63.4 Å². The summed E-state index contributed by atoms with van der Waals surface area (Å²) in [7, 11) is 3.37. The first-order valence-electron chi connectivity index (χ1n) is 14.9. The maximum Gasteiger partial charge on any atom is 0.300 e. The fourth-order valence-corrected chi connectivity index (χ4v) is 5.92. The van der Waals surface area contributed by atoms with E-state index in [0.717, 1.165) is 77.0 Å². The highest BCUT2D eigenvalue weighted by atomic mass is 35.5. The average molecular weight is 606 g/mol. The van der Waals surface area contributed by atoms with Crippen molar-refractivity contribution < 1.29 is 28.8 Å². The van der Waals surface area contributed by atoms with Gasteiger partial charge < -0.3 is 33.9 Å². The third kappa shape index (κ3) is 10.2. The molecule has 42 heavy (non-hydrogen) atoms. The average Bonchev–Trinajstić information content (AvgIpc) is 3.32. The Labute approximate surface area is 256 Å². The summed E-state index contributed by atoms with van der Waals surface area (Å²) < 4.78 is 23.2. The van der Waals surface area contributed by atoms with Gasteiger partial charge in [-0.2, -0.15) is 0 Å². The predicted molar refractivity (Wildman–Crippen MR) is 167 cm³/mol. The molecule has 2 saturated heterocycles. The zero-order chi connectivity index (χ0) is 30.6. The van der Waals surface area contributed by atoms with Crippen LogP contribution in [-0.4, -0.2) is 81.9 Å².